The number of piperazine rings is 1. The Balaban J connectivity index is 1.07. The van der Waals surface area contributed by atoms with E-state index in [2.05, 4.69) is 31.5 Å². The van der Waals surface area contributed by atoms with Gasteiger partial charge in [0.05, 0.1) is 4.47 Å². The lowest BCUT2D eigenvalue weighted by Crippen LogP contribution is -2.59. The smallest absolute Gasteiger partial charge is 0.322 e. The number of aromatic hydroxyl groups is 1. The second-order valence-corrected chi connectivity index (χ2v) is 13.3. The molecule has 6 rings (SSSR count). The number of fused-ring (bicyclic) bond motifs is 1. The third-order valence-electron chi connectivity index (χ3n) is 9.72. The van der Waals surface area contributed by atoms with Gasteiger partial charge in [0.15, 0.2) is 0 Å². The second-order valence-electron chi connectivity index (χ2n) is 12.4. The van der Waals surface area contributed by atoms with E-state index in [1.807, 2.05) is 34.1 Å². The number of hydrogen-bond donors (Lipinski definition) is 3. The third-order valence-corrected chi connectivity index (χ3v) is 10.4. The molecule has 4 heterocycles. The molecule has 2 aromatic carbocycles. The molecular weight excluding hydrogens is 640 g/mol. The van der Waals surface area contributed by atoms with Crippen LogP contribution in [-0.2, 0) is 22.4 Å². The van der Waals surface area contributed by atoms with Crippen molar-refractivity contribution in [1.82, 2.24) is 24.9 Å². The van der Waals surface area contributed by atoms with E-state index in [0.717, 1.165) is 62.4 Å². The first-order valence-electron chi connectivity index (χ1n) is 16.1. The van der Waals surface area contributed by atoms with Crippen molar-refractivity contribution in [2.24, 2.45) is 0 Å². The van der Waals surface area contributed by atoms with Gasteiger partial charge in [0.2, 0.25) is 5.91 Å². The number of rotatable bonds is 6. The highest BCUT2D eigenvalue weighted by molar-refractivity contribution is 9.10. The quantitative estimate of drug-likeness (QED) is 0.428. The number of urea groups is 2. The number of carbonyl (C=O) groups is 3. The Morgan fingerprint density at radius 3 is 2.40 bits per heavy atom. The van der Waals surface area contributed by atoms with Crippen LogP contribution in [0.5, 0.6) is 5.75 Å². The monoisotopic (exact) mass is 682 g/mol. The van der Waals surface area contributed by atoms with Gasteiger partial charge in [-0.2, -0.15) is 0 Å². The zero-order valence-electron chi connectivity index (χ0n) is 25.6. The Morgan fingerprint density at radius 2 is 1.67 bits per heavy atom. The van der Waals surface area contributed by atoms with Crippen LogP contribution >= 0.6 is 15.9 Å². The van der Waals surface area contributed by atoms with E-state index in [9.17, 15) is 19.5 Å². The molecule has 11 nitrogen and oxygen atoms in total. The van der Waals surface area contributed by atoms with Gasteiger partial charge in [0, 0.05) is 83.2 Å². The van der Waals surface area contributed by atoms with Crippen molar-refractivity contribution in [3.05, 3.63) is 58.1 Å². The molecule has 3 fully saturated rings. The summed E-state index contributed by atoms with van der Waals surface area (Å²) in [6, 6.07) is 12.5. The summed E-state index contributed by atoms with van der Waals surface area (Å²) in [5, 5.41) is 16.1. The third kappa shape index (κ3) is 7.56. The summed E-state index contributed by atoms with van der Waals surface area (Å²) in [7, 11) is 0. The van der Waals surface area contributed by atoms with E-state index in [1.54, 1.807) is 23.1 Å². The minimum atomic E-state index is -0.740. The van der Waals surface area contributed by atoms with Crippen LogP contribution < -0.4 is 10.6 Å². The molecule has 45 heavy (non-hydrogen) atoms. The number of para-hydroxylation sites is 1. The largest absolute Gasteiger partial charge is 0.507 e. The minimum Gasteiger partial charge on any atom is -0.507 e. The molecule has 0 saturated carbocycles. The van der Waals surface area contributed by atoms with Crippen molar-refractivity contribution in [1.29, 1.82) is 0 Å². The van der Waals surface area contributed by atoms with Crippen molar-refractivity contribution < 1.29 is 24.2 Å². The number of anilines is 1. The molecule has 0 aliphatic carbocycles. The molecule has 2 aromatic rings. The van der Waals surface area contributed by atoms with Crippen LogP contribution in [-0.4, -0.2) is 120 Å². The van der Waals surface area contributed by atoms with Crippen LogP contribution in [0.15, 0.2) is 46.9 Å². The zero-order chi connectivity index (χ0) is 31.3. The Labute approximate surface area is 273 Å². The molecule has 3 N–H and O–H groups in total. The molecule has 12 heteroatoms. The summed E-state index contributed by atoms with van der Waals surface area (Å²) in [4.78, 5) is 48.6. The number of amides is 5. The SMILES string of the molecule is O=C(N[C@H](Cc1ccc(O)c(Br)c1)C(=O)N1CCN(C2CCOCC2)CC1)N1CCC(N2CCc3ccccc3NC2=O)CC1. The maximum Gasteiger partial charge on any atom is 0.322 e. The van der Waals surface area contributed by atoms with Gasteiger partial charge in [-0.1, -0.05) is 24.3 Å². The van der Waals surface area contributed by atoms with Gasteiger partial charge < -0.3 is 35.2 Å². The molecule has 242 valence electrons. The van der Waals surface area contributed by atoms with Gasteiger partial charge in [0.1, 0.15) is 11.8 Å². The number of nitrogens with zero attached hydrogens (tertiary/aromatic N) is 4. The fourth-order valence-corrected chi connectivity index (χ4v) is 7.48. The number of piperidine rings is 1. The van der Waals surface area contributed by atoms with E-state index in [0.29, 0.717) is 62.5 Å². The molecule has 0 aromatic heterocycles. The number of likely N-dealkylation sites (tertiary alicyclic amines) is 1. The van der Waals surface area contributed by atoms with Gasteiger partial charge in [-0.05, 0) is 77.4 Å². The lowest BCUT2D eigenvalue weighted by molar-refractivity contribution is -0.135. The molecule has 3 saturated heterocycles. The van der Waals surface area contributed by atoms with Crippen molar-refractivity contribution in [3.8, 4) is 5.75 Å². The van der Waals surface area contributed by atoms with E-state index in [1.165, 1.54) is 0 Å². The molecule has 4 aliphatic rings. The number of nitrogens with one attached hydrogen (secondary N) is 2. The lowest BCUT2D eigenvalue weighted by Gasteiger charge is -2.42. The molecule has 5 amide bonds. The number of phenols is 1. The molecular formula is C33H43BrN6O5. The molecule has 0 spiro atoms. The fourth-order valence-electron chi connectivity index (χ4n) is 7.05. The maximum absolute atomic E-state index is 13.9. The summed E-state index contributed by atoms with van der Waals surface area (Å²) in [6.45, 7) is 6.08. The topological polar surface area (TPSA) is 118 Å². The van der Waals surface area contributed by atoms with E-state index < -0.39 is 6.04 Å². The summed E-state index contributed by atoms with van der Waals surface area (Å²) >= 11 is 3.38. The fraction of sp³-hybridized carbons (Fsp3) is 0.545. The lowest BCUT2D eigenvalue weighted by atomic mass is 10.0. The first-order valence-corrected chi connectivity index (χ1v) is 16.9. The van der Waals surface area contributed by atoms with Gasteiger partial charge in [-0.15, -0.1) is 0 Å². The van der Waals surface area contributed by atoms with Crippen LogP contribution in [0.2, 0.25) is 0 Å². The molecule has 4 aliphatic heterocycles. The van der Waals surface area contributed by atoms with E-state index >= 15 is 0 Å². The first-order chi connectivity index (χ1) is 21.9. The summed E-state index contributed by atoms with van der Waals surface area (Å²) in [6.07, 6.45) is 4.50. The Hall–Kier alpha value is -3.35. The Bertz CT molecular complexity index is 1370. The van der Waals surface area contributed by atoms with Crippen molar-refractivity contribution in [2.45, 2.75) is 56.7 Å². The molecule has 0 radical (unpaired) electrons. The van der Waals surface area contributed by atoms with Crippen molar-refractivity contribution in [2.75, 3.05) is 64.3 Å². The normalized spacial score (nSPS) is 21.1. The van der Waals surface area contributed by atoms with Crippen LogP contribution in [0.4, 0.5) is 15.3 Å². The maximum atomic E-state index is 13.9. The first kappa shape index (κ1) is 31.6. The van der Waals surface area contributed by atoms with Gasteiger partial charge >= 0.3 is 12.1 Å². The second kappa shape index (κ2) is 14.4. The van der Waals surface area contributed by atoms with E-state index in [-0.39, 0.29) is 29.8 Å². The standard InChI is InChI=1S/C33H43BrN6O5/c34-27-21-23(5-6-30(27)41)22-29(31(42)38-17-15-37(16-18-38)25-10-19-45-20-11-25)36-32(43)39-12-8-26(9-13-39)40-14-7-24-3-1-2-4-28(24)35-33(40)44/h1-6,21,25-26,29,41H,7-20,22H2,(H,35,44)(H,36,43)/t29-/m1/s1. The molecule has 1 atom stereocenters. The highest BCUT2D eigenvalue weighted by Gasteiger charge is 2.35. The highest BCUT2D eigenvalue weighted by Crippen LogP contribution is 2.27. The van der Waals surface area contributed by atoms with Gasteiger partial charge in [-0.25, -0.2) is 9.59 Å². The van der Waals surface area contributed by atoms with Crippen LogP contribution in [0.1, 0.15) is 36.8 Å². The van der Waals surface area contributed by atoms with Gasteiger partial charge in [0.25, 0.3) is 0 Å². The zero-order valence-corrected chi connectivity index (χ0v) is 27.2. The number of benzene rings is 2. The summed E-state index contributed by atoms with van der Waals surface area (Å²) < 4.78 is 6.07. The number of hydrogen-bond acceptors (Lipinski definition) is 6. The summed E-state index contributed by atoms with van der Waals surface area (Å²) in [5.74, 6) is 0.0367. The highest BCUT2D eigenvalue weighted by atomic mass is 79.9. The number of ether oxygens (including phenoxy) is 1. The average Bonchev–Trinajstić information content (AvgIpc) is 3.24. The predicted molar refractivity (Wildman–Crippen MR) is 174 cm³/mol. The van der Waals surface area contributed by atoms with Crippen molar-refractivity contribution >= 4 is 39.6 Å². The Kier molecular flexibility index (Phi) is 10.1. The van der Waals surface area contributed by atoms with Crippen LogP contribution in [0.25, 0.3) is 0 Å². The predicted octanol–water partition coefficient (Wildman–Crippen LogP) is 3.65. The van der Waals surface area contributed by atoms with Crippen LogP contribution in [0, 0.1) is 0 Å². The van der Waals surface area contributed by atoms with E-state index in [4.69, 9.17) is 4.74 Å². The average molecular weight is 684 g/mol. The van der Waals surface area contributed by atoms with Crippen molar-refractivity contribution in [3.63, 3.8) is 0 Å². The molecule has 0 bridgehead atoms. The minimum absolute atomic E-state index is 0.0437. The number of halogens is 1. The molecule has 0 unspecified atom stereocenters. The van der Waals surface area contributed by atoms with Gasteiger partial charge in [-0.3, -0.25) is 9.69 Å². The Morgan fingerprint density at radius 1 is 0.933 bits per heavy atom. The van der Waals surface area contributed by atoms with Crippen LogP contribution in [0.3, 0.4) is 0 Å². The summed E-state index contributed by atoms with van der Waals surface area (Å²) in [5.41, 5.74) is 2.83. The number of carbonyl (C=O) groups excluding carboxylic acids is 3. The number of phenolic OH excluding ortho intramolecular Hbond substituents is 1.